The van der Waals surface area contributed by atoms with Crippen LogP contribution in [0.15, 0.2) is 54.7 Å². The standard InChI is InChI=1S/C20H22N4O3/c25-20(27-15-7-2-1-3-8-15)22-14-17-19(21-13-16-9-6-12-26-16)24-11-5-4-10-18(24)23-17/h1-5,7-8,10-11,16,21H,6,9,12-14H2,(H,22,25). The van der Waals surface area contributed by atoms with Crippen molar-refractivity contribution in [2.75, 3.05) is 18.5 Å². The monoisotopic (exact) mass is 366 g/mol. The van der Waals surface area contributed by atoms with Gasteiger partial charge in [-0.15, -0.1) is 0 Å². The molecule has 1 fully saturated rings. The maximum atomic E-state index is 12.1. The van der Waals surface area contributed by atoms with Gasteiger partial charge in [0.2, 0.25) is 0 Å². The van der Waals surface area contributed by atoms with Crippen molar-refractivity contribution in [1.82, 2.24) is 14.7 Å². The van der Waals surface area contributed by atoms with Gasteiger partial charge in [0.15, 0.2) is 0 Å². The zero-order chi connectivity index (χ0) is 18.5. The maximum absolute atomic E-state index is 12.1. The molecule has 1 aromatic carbocycles. The first kappa shape index (κ1) is 17.4. The lowest BCUT2D eigenvalue weighted by atomic mass is 10.2. The van der Waals surface area contributed by atoms with Crippen LogP contribution < -0.4 is 15.4 Å². The molecular weight excluding hydrogens is 344 g/mol. The van der Waals surface area contributed by atoms with Crippen LogP contribution in [0.4, 0.5) is 10.6 Å². The molecule has 0 radical (unpaired) electrons. The number of fused-ring (bicyclic) bond motifs is 1. The Morgan fingerprint density at radius 1 is 1.22 bits per heavy atom. The predicted molar refractivity (Wildman–Crippen MR) is 102 cm³/mol. The van der Waals surface area contributed by atoms with Crippen LogP contribution in [0, 0.1) is 0 Å². The molecule has 0 saturated carbocycles. The predicted octanol–water partition coefficient (Wildman–Crippen LogP) is 3.21. The number of carbonyl (C=O) groups excluding carboxylic acids is 1. The normalized spacial score (nSPS) is 16.4. The first-order chi connectivity index (χ1) is 13.3. The molecule has 3 aromatic rings. The van der Waals surface area contributed by atoms with E-state index in [4.69, 9.17) is 9.47 Å². The number of hydrogen-bond acceptors (Lipinski definition) is 5. The van der Waals surface area contributed by atoms with Crippen molar-refractivity contribution in [3.8, 4) is 5.75 Å². The zero-order valence-corrected chi connectivity index (χ0v) is 14.9. The molecule has 1 atom stereocenters. The summed E-state index contributed by atoms with van der Waals surface area (Å²) in [5, 5.41) is 6.20. The summed E-state index contributed by atoms with van der Waals surface area (Å²) in [6, 6.07) is 14.8. The minimum atomic E-state index is -0.511. The molecular formula is C20H22N4O3. The van der Waals surface area contributed by atoms with Crippen LogP contribution in [0.25, 0.3) is 5.65 Å². The van der Waals surface area contributed by atoms with E-state index in [-0.39, 0.29) is 12.6 Å². The number of benzene rings is 1. The number of hydrogen-bond donors (Lipinski definition) is 2. The van der Waals surface area contributed by atoms with Crippen LogP contribution in [-0.2, 0) is 11.3 Å². The summed E-state index contributed by atoms with van der Waals surface area (Å²) < 4.78 is 12.9. The van der Waals surface area contributed by atoms with E-state index in [1.807, 2.05) is 47.0 Å². The van der Waals surface area contributed by atoms with E-state index in [0.29, 0.717) is 12.3 Å². The molecule has 27 heavy (non-hydrogen) atoms. The third-order valence-corrected chi connectivity index (χ3v) is 4.48. The summed E-state index contributed by atoms with van der Waals surface area (Å²) >= 11 is 0. The Bertz CT molecular complexity index is 904. The fraction of sp³-hybridized carbons (Fsp3) is 0.300. The summed E-state index contributed by atoms with van der Waals surface area (Å²) in [6.07, 6.45) is 3.80. The van der Waals surface area contributed by atoms with Gasteiger partial charge >= 0.3 is 6.09 Å². The molecule has 7 heteroatoms. The summed E-state index contributed by atoms with van der Waals surface area (Å²) in [5.74, 6) is 1.36. The highest BCUT2D eigenvalue weighted by atomic mass is 16.6. The highest BCUT2D eigenvalue weighted by Crippen LogP contribution is 2.20. The Labute approximate surface area is 157 Å². The van der Waals surface area contributed by atoms with Crippen molar-refractivity contribution in [3.05, 3.63) is 60.4 Å². The number of para-hydroxylation sites is 1. The first-order valence-corrected chi connectivity index (χ1v) is 9.12. The lowest BCUT2D eigenvalue weighted by Crippen LogP contribution is -2.27. The minimum Gasteiger partial charge on any atom is -0.410 e. The molecule has 0 bridgehead atoms. The van der Waals surface area contributed by atoms with Crippen molar-refractivity contribution in [2.24, 2.45) is 0 Å². The third-order valence-electron chi connectivity index (χ3n) is 4.48. The molecule has 140 valence electrons. The van der Waals surface area contributed by atoms with Gasteiger partial charge in [0.05, 0.1) is 12.6 Å². The van der Waals surface area contributed by atoms with Crippen LogP contribution in [0.3, 0.4) is 0 Å². The largest absolute Gasteiger partial charge is 0.412 e. The van der Waals surface area contributed by atoms with Crippen molar-refractivity contribution >= 4 is 17.6 Å². The summed E-state index contributed by atoms with van der Waals surface area (Å²) in [6.45, 7) is 1.80. The molecule has 2 aromatic heterocycles. The Morgan fingerprint density at radius 3 is 2.89 bits per heavy atom. The Balaban J connectivity index is 1.45. The first-order valence-electron chi connectivity index (χ1n) is 9.12. The van der Waals surface area contributed by atoms with E-state index in [9.17, 15) is 4.79 Å². The second kappa shape index (κ2) is 8.09. The average molecular weight is 366 g/mol. The number of carbonyl (C=O) groups is 1. The second-order valence-corrected chi connectivity index (χ2v) is 6.41. The fourth-order valence-electron chi connectivity index (χ4n) is 3.16. The van der Waals surface area contributed by atoms with Crippen LogP contribution >= 0.6 is 0 Å². The molecule has 4 rings (SSSR count). The minimum absolute atomic E-state index is 0.211. The van der Waals surface area contributed by atoms with Crippen LogP contribution in [0.2, 0.25) is 0 Å². The number of aromatic nitrogens is 2. The number of rotatable bonds is 6. The van der Waals surface area contributed by atoms with Gasteiger partial charge in [-0.2, -0.15) is 0 Å². The summed E-state index contributed by atoms with van der Waals surface area (Å²) in [4.78, 5) is 16.7. The van der Waals surface area contributed by atoms with Gasteiger partial charge in [0.25, 0.3) is 0 Å². The number of nitrogens with one attached hydrogen (secondary N) is 2. The van der Waals surface area contributed by atoms with Gasteiger partial charge in [0.1, 0.15) is 22.9 Å². The number of pyridine rings is 1. The third kappa shape index (κ3) is 4.20. The second-order valence-electron chi connectivity index (χ2n) is 6.41. The topological polar surface area (TPSA) is 76.9 Å². The molecule has 1 aliphatic rings. The number of nitrogens with zero attached hydrogens (tertiary/aromatic N) is 2. The van der Waals surface area contributed by atoms with E-state index >= 15 is 0 Å². The SMILES string of the molecule is O=C(NCc1nc2ccccn2c1NCC1CCCO1)Oc1ccccc1. The molecule has 7 nitrogen and oxygen atoms in total. The number of amides is 1. The molecule has 1 aliphatic heterocycles. The van der Waals surface area contributed by atoms with Gasteiger partial charge in [-0.3, -0.25) is 4.40 Å². The maximum Gasteiger partial charge on any atom is 0.412 e. The highest BCUT2D eigenvalue weighted by molar-refractivity contribution is 5.70. The highest BCUT2D eigenvalue weighted by Gasteiger charge is 2.18. The van der Waals surface area contributed by atoms with E-state index in [0.717, 1.165) is 36.6 Å². The number of ether oxygens (including phenoxy) is 2. The molecule has 0 spiro atoms. The number of imidazole rings is 1. The number of anilines is 1. The quantitative estimate of drug-likeness (QED) is 0.700. The lowest BCUT2D eigenvalue weighted by molar-refractivity contribution is 0.120. The zero-order valence-electron chi connectivity index (χ0n) is 14.9. The molecule has 1 amide bonds. The molecule has 0 aliphatic carbocycles. The average Bonchev–Trinajstić information content (AvgIpc) is 3.33. The summed E-state index contributed by atoms with van der Waals surface area (Å²) in [5.41, 5.74) is 1.57. The Kier molecular flexibility index (Phi) is 5.20. The molecule has 2 N–H and O–H groups in total. The summed E-state index contributed by atoms with van der Waals surface area (Å²) in [7, 11) is 0. The van der Waals surface area contributed by atoms with Gasteiger partial charge in [-0.1, -0.05) is 24.3 Å². The van der Waals surface area contributed by atoms with Crippen molar-refractivity contribution in [2.45, 2.75) is 25.5 Å². The van der Waals surface area contributed by atoms with Crippen molar-refractivity contribution in [1.29, 1.82) is 0 Å². The van der Waals surface area contributed by atoms with E-state index < -0.39 is 6.09 Å². The van der Waals surface area contributed by atoms with Crippen molar-refractivity contribution in [3.63, 3.8) is 0 Å². The fourth-order valence-corrected chi connectivity index (χ4v) is 3.16. The van der Waals surface area contributed by atoms with Gasteiger partial charge < -0.3 is 20.1 Å². The van der Waals surface area contributed by atoms with Gasteiger partial charge in [-0.25, -0.2) is 9.78 Å². The van der Waals surface area contributed by atoms with Crippen LogP contribution in [0.1, 0.15) is 18.5 Å². The van der Waals surface area contributed by atoms with Crippen LogP contribution in [-0.4, -0.2) is 34.7 Å². The Hall–Kier alpha value is -3.06. The molecule has 3 heterocycles. The lowest BCUT2D eigenvalue weighted by Gasteiger charge is -2.13. The smallest absolute Gasteiger partial charge is 0.410 e. The Morgan fingerprint density at radius 2 is 2.07 bits per heavy atom. The molecule has 1 saturated heterocycles. The van der Waals surface area contributed by atoms with E-state index in [1.54, 1.807) is 12.1 Å². The van der Waals surface area contributed by atoms with Gasteiger partial charge in [-0.05, 0) is 37.1 Å². The van der Waals surface area contributed by atoms with Crippen LogP contribution in [0.5, 0.6) is 5.75 Å². The van der Waals surface area contributed by atoms with E-state index in [2.05, 4.69) is 15.6 Å². The van der Waals surface area contributed by atoms with Crippen molar-refractivity contribution < 1.29 is 14.3 Å². The van der Waals surface area contributed by atoms with E-state index in [1.165, 1.54) is 0 Å². The van der Waals surface area contributed by atoms with Gasteiger partial charge in [0, 0.05) is 19.3 Å². The molecule has 1 unspecified atom stereocenters.